The van der Waals surface area contributed by atoms with Gasteiger partial charge in [-0.2, -0.15) is 0 Å². The first kappa shape index (κ1) is 33.5. The molecule has 244 valence electrons. The van der Waals surface area contributed by atoms with Crippen molar-refractivity contribution in [2.45, 2.75) is 63.8 Å². The predicted octanol–water partition coefficient (Wildman–Crippen LogP) is 2.55. The number of methoxy groups -OCH3 is 1. The first-order valence-electron chi connectivity index (χ1n) is 15.8. The van der Waals surface area contributed by atoms with Gasteiger partial charge in [0.1, 0.15) is 0 Å². The molecule has 44 heavy (non-hydrogen) atoms. The van der Waals surface area contributed by atoms with Crippen LogP contribution < -0.4 is 14.2 Å². The largest absolute Gasteiger partial charge is 0.493 e. The normalized spacial score (nSPS) is 21.8. The van der Waals surface area contributed by atoms with E-state index in [4.69, 9.17) is 14.2 Å². The van der Waals surface area contributed by atoms with Gasteiger partial charge >= 0.3 is 5.97 Å². The molecular formula is C32H49N4O8+. The van der Waals surface area contributed by atoms with E-state index in [-0.39, 0.29) is 56.9 Å². The summed E-state index contributed by atoms with van der Waals surface area (Å²) in [6, 6.07) is 3.01. The second-order valence-corrected chi connectivity index (χ2v) is 13.1. The number of benzene rings is 1. The highest BCUT2D eigenvalue weighted by Gasteiger charge is 2.48. The average molecular weight is 618 g/mol. The standard InChI is InChI=1S/C32H48N4O8/c1-6-7-13-33(14-8-9-16-36(2,3)4)29(39)20-34-19-23(22-17-25(42-5)31-26(18-22)43-21-44-31)30(32(40)41)24(34)12-15-35-27(37)10-11-28(35)38/h17-18,23-24,30H,6-16,19-21H2,1-5H3/p+1/t23-,24+,30-/m1/s1. The van der Waals surface area contributed by atoms with Gasteiger partial charge in [-0.25, -0.2) is 0 Å². The molecule has 2 fully saturated rings. The maximum absolute atomic E-state index is 13.8. The third kappa shape index (κ3) is 8.01. The van der Waals surface area contributed by atoms with Crippen LogP contribution in [0, 0.1) is 5.92 Å². The van der Waals surface area contributed by atoms with E-state index in [1.807, 2.05) is 9.80 Å². The number of quaternary nitrogens is 1. The van der Waals surface area contributed by atoms with Gasteiger partial charge in [0, 0.05) is 51.0 Å². The molecule has 3 aliphatic rings. The number of unbranched alkanes of at least 4 members (excludes halogenated alkanes) is 2. The topological polar surface area (TPSA) is 126 Å². The number of amides is 3. The Kier molecular flexibility index (Phi) is 11.1. The van der Waals surface area contributed by atoms with Crippen molar-refractivity contribution >= 4 is 23.7 Å². The number of carboxylic acids is 1. The summed E-state index contributed by atoms with van der Waals surface area (Å²) in [6.45, 7) is 4.97. The summed E-state index contributed by atoms with van der Waals surface area (Å²) >= 11 is 0. The summed E-state index contributed by atoms with van der Waals surface area (Å²) in [4.78, 5) is 56.6. The summed E-state index contributed by atoms with van der Waals surface area (Å²) in [5.41, 5.74) is 0.718. The molecule has 0 aromatic heterocycles. The van der Waals surface area contributed by atoms with E-state index in [1.54, 1.807) is 12.1 Å². The molecule has 0 unspecified atom stereocenters. The molecule has 12 nitrogen and oxygen atoms in total. The second-order valence-electron chi connectivity index (χ2n) is 13.1. The minimum atomic E-state index is -0.992. The third-order valence-electron chi connectivity index (χ3n) is 8.93. The highest BCUT2D eigenvalue weighted by atomic mass is 16.7. The maximum atomic E-state index is 13.8. The van der Waals surface area contributed by atoms with Crippen LogP contribution in [0.25, 0.3) is 0 Å². The van der Waals surface area contributed by atoms with Crippen LogP contribution in [0.15, 0.2) is 12.1 Å². The molecule has 0 radical (unpaired) electrons. The number of imide groups is 1. The fraction of sp³-hybridized carbons (Fsp3) is 0.688. The average Bonchev–Trinajstić information content (AvgIpc) is 3.67. The van der Waals surface area contributed by atoms with Crippen molar-refractivity contribution in [3.8, 4) is 17.2 Å². The Hall–Kier alpha value is -3.38. The molecule has 3 amide bonds. The van der Waals surface area contributed by atoms with Crippen LogP contribution in [0.3, 0.4) is 0 Å². The third-order valence-corrected chi connectivity index (χ3v) is 8.93. The molecule has 12 heteroatoms. The maximum Gasteiger partial charge on any atom is 0.308 e. The van der Waals surface area contributed by atoms with E-state index in [2.05, 4.69) is 28.1 Å². The van der Waals surface area contributed by atoms with Gasteiger partial charge in [-0.15, -0.1) is 0 Å². The molecular weight excluding hydrogens is 568 g/mol. The van der Waals surface area contributed by atoms with E-state index >= 15 is 0 Å². The van der Waals surface area contributed by atoms with Crippen LogP contribution in [-0.4, -0.2) is 128 Å². The van der Waals surface area contributed by atoms with Gasteiger partial charge in [0.05, 0.1) is 47.3 Å². The SMILES string of the molecule is CCCCN(CCCC[N+](C)(C)C)C(=O)CN1C[C@H](c2cc(OC)c3c(c2)OCO3)[C@@H](C(=O)O)[C@@H]1CCN1C(=O)CCC1=O. The van der Waals surface area contributed by atoms with Crippen LogP contribution >= 0.6 is 0 Å². The number of hydrogen-bond donors (Lipinski definition) is 1. The fourth-order valence-corrected chi connectivity index (χ4v) is 6.56. The Bertz CT molecular complexity index is 1200. The molecule has 3 atom stereocenters. The highest BCUT2D eigenvalue weighted by molar-refractivity contribution is 6.01. The van der Waals surface area contributed by atoms with E-state index in [9.17, 15) is 24.3 Å². The quantitative estimate of drug-likeness (QED) is 0.169. The number of likely N-dealkylation sites (tertiary alicyclic amines) is 2. The number of carbonyl (C=O) groups is 4. The van der Waals surface area contributed by atoms with Crippen molar-refractivity contribution in [2.24, 2.45) is 5.92 Å². The lowest BCUT2D eigenvalue weighted by Gasteiger charge is -2.31. The number of rotatable bonds is 16. The zero-order chi connectivity index (χ0) is 32.0. The van der Waals surface area contributed by atoms with Crippen molar-refractivity contribution in [3.63, 3.8) is 0 Å². The highest BCUT2D eigenvalue weighted by Crippen LogP contribution is 2.47. The van der Waals surface area contributed by atoms with Crippen LogP contribution in [0.2, 0.25) is 0 Å². The molecule has 0 spiro atoms. The summed E-state index contributed by atoms with van der Waals surface area (Å²) < 4.78 is 17.6. The number of nitrogens with zero attached hydrogens (tertiary/aromatic N) is 4. The van der Waals surface area contributed by atoms with Crippen LogP contribution in [0.1, 0.15) is 63.4 Å². The van der Waals surface area contributed by atoms with Gasteiger partial charge in [-0.05, 0) is 43.4 Å². The van der Waals surface area contributed by atoms with Crippen LogP contribution in [0.5, 0.6) is 17.2 Å². The monoisotopic (exact) mass is 617 g/mol. The Labute approximate surface area is 260 Å². The predicted molar refractivity (Wildman–Crippen MR) is 163 cm³/mol. The molecule has 2 saturated heterocycles. The van der Waals surface area contributed by atoms with Gasteiger partial charge in [-0.3, -0.25) is 29.0 Å². The molecule has 4 rings (SSSR count). The molecule has 1 aromatic carbocycles. The summed E-state index contributed by atoms with van der Waals surface area (Å²) in [5.74, 6) is -1.43. The smallest absolute Gasteiger partial charge is 0.308 e. The van der Waals surface area contributed by atoms with E-state index in [0.29, 0.717) is 36.9 Å². The first-order chi connectivity index (χ1) is 20.9. The first-order valence-corrected chi connectivity index (χ1v) is 15.8. The summed E-state index contributed by atoms with van der Waals surface area (Å²) in [6.07, 6.45) is 4.35. The van der Waals surface area contributed by atoms with Crippen molar-refractivity contribution in [2.75, 3.05) is 74.3 Å². The number of aliphatic carboxylic acids is 1. The number of carboxylic acid groups (broad SMARTS) is 1. The van der Waals surface area contributed by atoms with Crippen molar-refractivity contribution in [3.05, 3.63) is 17.7 Å². The zero-order valence-electron chi connectivity index (χ0n) is 26.9. The fourth-order valence-electron chi connectivity index (χ4n) is 6.56. The Morgan fingerprint density at radius 1 is 1.07 bits per heavy atom. The molecule has 1 N–H and O–H groups in total. The minimum absolute atomic E-state index is 0.0323. The van der Waals surface area contributed by atoms with Gasteiger partial charge in [0.15, 0.2) is 11.5 Å². The lowest BCUT2D eigenvalue weighted by atomic mass is 9.84. The van der Waals surface area contributed by atoms with E-state index in [0.717, 1.165) is 42.3 Å². The van der Waals surface area contributed by atoms with Crippen molar-refractivity contribution in [1.29, 1.82) is 0 Å². The second kappa shape index (κ2) is 14.6. The lowest BCUT2D eigenvalue weighted by molar-refractivity contribution is -0.870. The molecule has 0 aliphatic carbocycles. The number of ether oxygens (including phenoxy) is 3. The van der Waals surface area contributed by atoms with Crippen LogP contribution in [0.4, 0.5) is 0 Å². The number of hydrogen-bond acceptors (Lipinski definition) is 8. The summed E-state index contributed by atoms with van der Waals surface area (Å²) in [7, 11) is 7.99. The zero-order valence-corrected chi connectivity index (χ0v) is 26.9. The molecule has 0 bridgehead atoms. The van der Waals surface area contributed by atoms with Crippen molar-refractivity contribution < 1.29 is 43.0 Å². The van der Waals surface area contributed by atoms with Crippen molar-refractivity contribution in [1.82, 2.24) is 14.7 Å². The molecule has 1 aromatic rings. The Morgan fingerprint density at radius 2 is 1.77 bits per heavy atom. The molecule has 3 heterocycles. The molecule has 0 saturated carbocycles. The van der Waals surface area contributed by atoms with Gasteiger partial charge < -0.3 is 28.7 Å². The van der Waals surface area contributed by atoms with E-state index < -0.39 is 23.8 Å². The summed E-state index contributed by atoms with van der Waals surface area (Å²) in [5, 5.41) is 10.6. The van der Waals surface area contributed by atoms with Gasteiger partial charge in [0.2, 0.25) is 30.3 Å². The van der Waals surface area contributed by atoms with Crippen LogP contribution in [-0.2, 0) is 19.2 Å². The Balaban J connectivity index is 1.59. The van der Waals surface area contributed by atoms with E-state index in [1.165, 1.54) is 12.0 Å². The van der Waals surface area contributed by atoms with Gasteiger partial charge in [-0.1, -0.05) is 13.3 Å². The van der Waals surface area contributed by atoms with Gasteiger partial charge in [0.25, 0.3) is 0 Å². The lowest BCUT2D eigenvalue weighted by Crippen LogP contribution is -2.46. The molecule has 3 aliphatic heterocycles. The Morgan fingerprint density at radius 3 is 2.41 bits per heavy atom. The number of fused-ring (bicyclic) bond motifs is 1. The minimum Gasteiger partial charge on any atom is -0.493 e. The number of carbonyl (C=O) groups excluding carboxylic acids is 3.